The zero-order chi connectivity index (χ0) is 24.6. The van der Waals surface area contributed by atoms with Gasteiger partial charge < -0.3 is 10.2 Å². The smallest absolute Gasteiger partial charge is 0.328 e. The van der Waals surface area contributed by atoms with Crippen LogP contribution in [0, 0.1) is 5.92 Å². The van der Waals surface area contributed by atoms with Gasteiger partial charge in [-0.05, 0) is 72.4 Å². The lowest BCUT2D eigenvalue weighted by Crippen LogP contribution is -2.13. The van der Waals surface area contributed by atoms with E-state index in [1.807, 2.05) is 6.07 Å². The van der Waals surface area contributed by atoms with Crippen molar-refractivity contribution in [1.82, 2.24) is 0 Å². The van der Waals surface area contributed by atoms with Crippen LogP contribution in [0.25, 0.3) is 12.2 Å². The number of aliphatic carboxylic acids is 2. The molecule has 0 saturated heterocycles. The molecule has 1 aliphatic rings. The molecule has 2 N–H and O–H groups in total. The molecule has 34 heavy (non-hydrogen) atoms. The van der Waals surface area contributed by atoms with Gasteiger partial charge >= 0.3 is 11.9 Å². The Kier molecular flexibility index (Phi) is 13.4. The third kappa shape index (κ3) is 11.7. The van der Waals surface area contributed by atoms with Gasteiger partial charge in [-0.1, -0.05) is 89.7 Å². The number of hydrogen-bond donors (Lipinski definition) is 2. The van der Waals surface area contributed by atoms with Gasteiger partial charge in [-0.2, -0.15) is 0 Å². The number of carboxylic acids is 2. The van der Waals surface area contributed by atoms with Crippen LogP contribution in [0.2, 0.25) is 0 Å². The molecule has 0 amide bonds. The van der Waals surface area contributed by atoms with Crippen molar-refractivity contribution < 1.29 is 19.8 Å². The lowest BCUT2D eigenvalue weighted by molar-refractivity contribution is -0.132. The van der Waals surface area contributed by atoms with Crippen LogP contribution in [-0.2, 0) is 9.59 Å². The van der Waals surface area contributed by atoms with Crippen LogP contribution >= 0.6 is 0 Å². The Morgan fingerprint density at radius 3 is 1.68 bits per heavy atom. The molecule has 1 aromatic rings. The van der Waals surface area contributed by atoms with Crippen LogP contribution in [0.4, 0.5) is 0 Å². The summed E-state index contributed by atoms with van der Waals surface area (Å²) >= 11 is 0. The second-order valence-corrected chi connectivity index (χ2v) is 9.96. The van der Waals surface area contributed by atoms with E-state index >= 15 is 0 Å². The fraction of sp³-hybridized carbons (Fsp3) is 0.600. The summed E-state index contributed by atoms with van der Waals surface area (Å²) in [5, 5.41) is 17.9. The van der Waals surface area contributed by atoms with Gasteiger partial charge in [-0.3, -0.25) is 0 Å². The van der Waals surface area contributed by atoms with Crippen molar-refractivity contribution >= 4 is 24.1 Å². The minimum Gasteiger partial charge on any atom is -0.478 e. The van der Waals surface area contributed by atoms with Gasteiger partial charge in [0, 0.05) is 12.2 Å². The molecule has 0 atom stereocenters. The van der Waals surface area contributed by atoms with E-state index in [1.165, 1.54) is 89.0 Å². The highest BCUT2D eigenvalue weighted by Gasteiger charge is 2.22. The van der Waals surface area contributed by atoms with E-state index in [1.54, 1.807) is 12.2 Å². The highest BCUT2D eigenvalue weighted by molar-refractivity contribution is 5.87. The number of hydrogen-bond acceptors (Lipinski definition) is 2. The van der Waals surface area contributed by atoms with Gasteiger partial charge in [-0.15, -0.1) is 0 Å². The Bertz CT molecular complexity index is 758. The predicted molar refractivity (Wildman–Crippen MR) is 141 cm³/mol. The van der Waals surface area contributed by atoms with Gasteiger partial charge in [0.2, 0.25) is 0 Å². The first kappa shape index (κ1) is 27.9. The number of rotatable bonds is 16. The number of benzene rings is 1. The third-order valence-corrected chi connectivity index (χ3v) is 7.12. The zero-order valence-corrected chi connectivity index (χ0v) is 21.0. The molecule has 0 heterocycles. The normalized spacial score (nSPS) is 18.6. The minimum absolute atomic E-state index is 0.458. The molecule has 0 spiro atoms. The third-order valence-electron chi connectivity index (χ3n) is 7.12. The van der Waals surface area contributed by atoms with Crippen molar-refractivity contribution in [1.29, 1.82) is 0 Å². The average Bonchev–Trinajstić information content (AvgIpc) is 2.83. The van der Waals surface area contributed by atoms with Gasteiger partial charge in [0.25, 0.3) is 0 Å². The van der Waals surface area contributed by atoms with Gasteiger partial charge in [0.15, 0.2) is 0 Å². The van der Waals surface area contributed by atoms with Crippen LogP contribution in [0.3, 0.4) is 0 Å². The maximum Gasteiger partial charge on any atom is 0.328 e. The summed E-state index contributed by atoms with van der Waals surface area (Å²) in [6, 6.07) is 5.95. The monoisotopic (exact) mass is 468 g/mol. The van der Waals surface area contributed by atoms with E-state index in [9.17, 15) is 9.59 Å². The standard InChI is InChI=1S/C30H44O4/c1-2-3-4-5-6-7-8-9-10-11-12-24-13-17-27(18-14-24)28-22-25(15-19-29(31)32)21-26(23-28)16-20-30(33)34/h15-16,19-24,27H,2-14,17-18H2,1H3,(H,31,32)(H,33,34). The summed E-state index contributed by atoms with van der Waals surface area (Å²) in [5.74, 6) is -0.688. The van der Waals surface area contributed by atoms with Crippen molar-refractivity contribution in [3.8, 4) is 0 Å². The van der Waals surface area contributed by atoms with E-state index in [-0.39, 0.29) is 0 Å². The maximum atomic E-state index is 10.9. The molecule has 1 aliphatic carbocycles. The van der Waals surface area contributed by atoms with Gasteiger partial charge in [-0.25, -0.2) is 9.59 Å². The molecule has 0 aliphatic heterocycles. The van der Waals surface area contributed by atoms with Crippen LogP contribution < -0.4 is 0 Å². The Hall–Kier alpha value is -2.36. The molecular formula is C30H44O4. The van der Waals surface area contributed by atoms with Crippen molar-refractivity contribution in [2.45, 2.75) is 109 Å². The summed E-state index contributed by atoms with van der Waals surface area (Å²) < 4.78 is 0. The molecule has 4 heteroatoms. The minimum atomic E-state index is -0.986. The van der Waals surface area contributed by atoms with Crippen LogP contribution in [0.15, 0.2) is 30.4 Å². The Morgan fingerprint density at radius 2 is 1.21 bits per heavy atom. The highest BCUT2D eigenvalue weighted by Crippen LogP contribution is 2.38. The topological polar surface area (TPSA) is 74.6 Å². The molecule has 1 saturated carbocycles. The predicted octanol–water partition coefficient (Wildman–Crippen LogP) is 8.47. The van der Waals surface area contributed by atoms with Crippen molar-refractivity contribution in [2.24, 2.45) is 5.92 Å². The largest absolute Gasteiger partial charge is 0.478 e. The molecule has 1 fully saturated rings. The van der Waals surface area contributed by atoms with Gasteiger partial charge in [0.05, 0.1) is 0 Å². The number of unbranched alkanes of at least 4 members (excludes halogenated alkanes) is 9. The SMILES string of the molecule is CCCCCCCCCCCCC1CCC(c2cc(C=CC(=O)O)cc(C=CC(=O)O)c2)CC1. The fourth-order valence-electron chi connectivity index (χ4n) is 5.17. The van der Waals surface area contributed by atoms with E-state index < -0.39 is 11.9 Å². The summed E-state index contributed by atoms with van der Waals surface area (Å²) in [5.41, 5.74) is 2.80. The molecule has 1 aromatic carbocycles. The summed E-state index contributed by atoms with van der Waals surface area (Å²) in [6.07, 6.45) is 25.4. The van der Waals surface area contributed by atoms with Crippen molar-refractivity contribution in [3.63, 3.8) is 0 Å². The molecule has 0 bridgehead atoms. The second-order valence-electron chi connectivity index (χ2n) is 9.96. The Balaban J connectivity index is 1.77. The maximum absolute atomic E-state index is 10.9. The first-order valence-electron chi connectivity index (χ1n) is 13.4. The van der Waals surface area contributed by atoms with E-state index in [2.05, 4.69) is 19.1 Å². The molecule has 188 valence electrons. The van der Waals surface area contributed by atoms with Crippen LogP contribution in [0.5, 0.6) is 0 Å². The summed E-state index contributed by atoms with van der Waals surface area (Å²) in [7, 11) is 0. The van der Waals surface area contributed by atoms with Crippen molar-refractivity contribution in [3.05, 3.63) is 47.0 Å². The quantitative estimate of drug-likeness (QED) is 0.188. The highest BCUT2D eigenvalue weighted by atomic mass is 16.4. The van der Waals surface area contributed by atoms with Crippen molar-refractivity contribution in [2.75, 3.05) is 0 Å². The average molecular weight is 469 g/mol. The second kappa shape index (κ2) is 16.3. The molecule has 2 rings (SSSR count). The number of carboxylic acid groups (broad SMARTS) is 2. The molecule has 0 radical (unpaired) electrons. The summed E-state index contributed by atoms with van der Waals surface area (Å²) in [6.45, 7) is 2.27. The fourth-order valence-corrected chi connectivity index (χ4v) is 5.17. The molecule has 0 unspecified atom stereocenters. The first-order valence-corrected chi connectivity index (χ1v) is 13.4. The lowest BCUT2D eigenvalue weighted by atomic mass is 9.76. The lowest BCUT2D eigenvalue weighted by Gasteiger charge is -2.29. The van der Waals surface area contributed by atoms with E-state index in [0.29, 0.717) is 5.92 Å². The number of carbonyl (C=O) groups is 2. The van der Waals surface area contributed by atoms with Gasteiger partial charge in [0.1, 0.15) is 0 Å². The molecule has 4 nitrogen and oxygen atoms in total. The summed E-state index contributed by atoms with van der Waals surface area (Å²) in [4.78, 5) is 21.9. The Morgan fingerprint density at radius 1 is 0.735 bits per heavy atom. The van der Waals surface area contributed by atoms with E-state index in [4.69, 9.17) is 10.2 Å². The van der Waals surface area contributed by atoms with Crippen LogP contribution in [-0.4, -0.2) is 22.2 Å². The molecule has 0 aromatic heterocycles. The first-order chi connectivity index (χ1) is 16.5. The van der Waals surface area contributed by atoms with Crippen LogP contribution in [0.1, 0.15) is 126 Å². The molecular weight excluding hydrogens is 424 g/mol. The zero-order valence-electron chi connectivity index (χ0n) is 21.0. The Labute approximate surface area is 206 Å². The van der Waals surface area contributed by atoms with E-state index in [0.717, 1.165) is 42.0 Å².